The van der Waals surface area contributed by atoms with E-state index in [0.717, 1.165) is 28.3 Å². The van der Waals surface area contributed by atoms with E-state index >= 15 is 0 Å². The van der Waals surface area contributed by atoms with Gasteiger partial charge in [-0.3, -0.25) is 4.68 Å². The van der Waals surface area contributed by atoms with Gasteiger partial charge in [-0.2, -0.15) is 9.40 Å². The van der Waals surface area contributed by atoms with E-state index in [4.69, 9.17) is 9.47 Å². The number of aromatic nitrogens is 2. The molecule has 0 N–H and O–H groups in total. The van der Waals surface area contributed by atoms with Crippen LogP contribution in [0.4, 0.5) is 0 Å². The van der Waals surface area contributed by atoms with Gasteiger partial charge in [0.2, 0.25) is 0 Å². The van der Waals surface area contributed by atoms with Crippen molar-refractivity contribution in [1.29, 1.82) is 0 Å². The van der Waals surface area contributed by atoms with Crippen LogP contribution < -0.4 is 9.47 Å². The zero-order valence-corrected chi connectivity index (χ0v) is 21.8. The first-order valence-electron chi connectivity index (χ1n) is 11.1. The van der Waals surface area contributed by atoms with Crippen LogP contribution in [0.3, 0.4) is 0 Å². The number of ether oxygens (including phenoxy) is 2. The fourth-order valence-corrected chi connectivity index (χ4v) is 4.99. The van der Waals surface area contributed by atoms with E-state index in [9.17, 15) is 8.42 Å². The molecule has 34 heavy (non-hydrogen) atoms. The molecule has 0 amide bonds. The lowest BCUT2D eigenvalue weighted by Gasteiger charge is -2.31. The van der Waals surface area contributed by atoms with Crippen molar-refractivity contribution in [2.45, 2.75) is 31.1 Å². The predicted octanol–water partition coefficient (Wildman–Crippen LogP) is 3.60. The van der Waals surface area contributed by atoms with E-state index in [-0.39, 0.29) is 24.2 Å². The molecule has 0 radical (unpaired) electrons. The molecular weight excluding hydrogens is 452 g/mol. The number of methoxy groups -OCH3 is 2. The maximum atomic E-state index is 13.8. The third kappa shape index (κ3) is 5.78. The number of hydrogen-bond donors (Lipinski definition) is 0. The van der Waals surface area contributed by atoms with Gasteiger partial charge in [-0.15, -0.1) is 0 Å². The molecule has 3 rings (SSSR count). The highest BCUT2D eigenvalue weighted by Gasteiger charge is 2.32. The van der Waals surface area contributed by atoms with Gasteiger partial charge in [-0.25, -0.2) is 8.42 Å². The minimum absolute atomic E-state index is 0.0484. The van der Waals surface area contributed by atoms with Gasteiger partial charge in [0, 0.05) is 26.2 Å². The Balaban J connectivity index is 1.99. The van der Waals surface area contributed by atoms with Crippen LogP contribution in [0.1, 0.15) is 29.8 Å². The van der Waals surface area contributed by atoms with E-state index in [1.54, 1.807) is 32.0 Å². The fourth-order valence-electron chi connectivity index (χ4n) is 3.60. The van der Waals surface area contributed by atoms with Crippen molar-refractivity contribution in [2.24, 2.45) is 7.05 Å². The van der Waals surface area contributed by atoms with Crippen LogP contribution >= 0.6 is 0 Å². The lowest BCUT2D eigenvalue weighted by atomic mass is 10.2. The van der Waals surface area contributed by atoms with Gasteiger partial charge < -0.3 is 14.0 Å². The maximum absolute atomic E-state index is 13.8. The van der Waals surface area contributed by atoms with Crippen LogP contribution in [-0.4, -0.2) is 62.3 Å². The normalized spacial score (nSPS) is 13.2. The topological polar surface area (TPSA) is 73.7 Å². The summed E-state index contributed by atoms with van der Waals surface area (Å²) in [5.41, 5.74) is 2.57. The Morgan fingerprint density at radius 3 is 1.74 bits per heavy atom. The van der Waals surface area contributed by atoms with Crippen molar-refractivity contribution >= 4 is 10.0 Å². The first-order valence-corrected chi connectivity index (χ1v) is 12.5. The molecule has 1 heterocycles. The van der Waals surface area contributed by atoms with Crippen LogP contribution in [-0.2, 0) is 30.2 Å². The molecule has 1 aromatic heterocycles. The molecule has 0 saturated carbocycles. The maximum Gasteiger partial charge on any atom is 0.263 e. The monoisotopic (exact) mass is 487 g/mol. The van der Waals surface area contributed by atoms with Crippen LogP contribution in [0.25, 0.3) is 0 Å². The zero-order chi connectivity index (χ0) is 25.1. The second-order valence-electron chi connectivity index (χ2n) is 9.29. The number of hydrogen-bond acceptors (Lipinski definition) is 5. The Morgan fingerprint density at radius 1 is 0.912 bits per heavy atom. The van der Waals surface area contributed by atoms with Crippen LogP contribution in [0.5, 0.6) is 11.5 Å². The highest BCUT2D eigenvalue weighted by molar-refractivity contribution is 7.89. The Hall–Kier alpha value is -2.88. The minimum Gasteiger partial charge on any atom is -0.497 e. The highest BCUT2D eigenvalue weighted by Crippen LogP contribution is 2.27. The zero-order valence-electron chi connectivity index (χ0n) is 21.0. The second-order valence-corrected chi connectivity index (χ2v) is 11.2. The van der Waals surface area contributed by atoms with Crippen molar-refractivity contribution < 1.29 is 22.4 Å². The molecule has 8 nitrogen and oxygen atoms in total. The lowest BCUT2D eigenvalue weighted by Crippen LogP contribution is -2.38. The van der Waals surface area contributed by atoms with Gasteiger partial charge in [0.1, 0.15) is 17.5 Å². The third-order valence-corrected chi connectivity index (χ3v) is 7.79. The Morgan fingerprint density at radius 2 is 1.35 bits per heavy atom. The summed E-state index contributed by atoms with van der Waals surface area (Å²) in [4.78, 5) is 0. The summed E-state index contributed by atoms with van der Waals surface area (Å²) in [5.74, 6) is 1.44. The van der Waals surface area contributed by atoms with Gasteiger partial charge in [-0.1, -0.05) is 24.3 Å². The molecule has 9 heteroatoms. The number of quaternary nitrogens is 1. The molecule has 3 aromatic rings. The molecule has 0 aliphatic heterocycles. The fraction of sp³-hybridized carbons (Fsp3) is 0.400. The third-order valence-electron chi connectivity index (χ3n) is 6.12. The average molecular weight is 488 g/mol. The standard InChI is InChI=1S/C25H35N4O4S/c1-19(29(3,4)5)24-16-25(26-27(24)2)34(30,31)28(17-20-8-12-22(32-6)13-9-20)18-21-10-14-23(33-7)15-11-21/h8-16,19H,17-18H2,1-7H3/q+1. The van der Waals surface area contributed by atoms with E-state index in [1.807, 2.05) is 48.5 Å². The van der Waals surface area contributed by atoms with Crippen molar-refractivity contribution in [3.63, 3.8) is 0 Å². The summed E-state index contributed by atoms with van der Waals surface area (Å²) in [5, 5.41) is 4.46. The molecule has 0 spiro atoms. The van der Waals surface area contributed by atoms with E-state index in [1.165, 1.54) is 4.31 Å². The lowest BCUT2D eigenvalue weighted by molar-refractivity contribution is -0.900. The minimum atomic E-state index is -3.88. The quantitative estimate of drug-likeness (QED) is 0.409. The Labute approximate surface area is 203 Å². The van der Waals surface area contributed by atoms with Crippen molar-refractivity contribution in [3.8, 4) is 11.5 Å². The van der Waals surface area contributed by atoms with E-state index < -0.39 is 10.0 Å². The predicted molar refractivity (Wildman–Crippen MR) is 132 cm³/mol. The molecule has 2 aromatic carbocycles. The van der Waals surface area contributed by atoms with Gasteiger partial charge in [0.25, 0.3) is 10.0 Å². The largest absolute Gasteiger partial charge is 0.497 e. The first-order chi connectivity index (χ1) is 16.0. The molecule has 184 valence electrons. The number of sulfonamides is 1. The molecule has 0 bridgehead atoms. The Bertz CT molecular complexity index is 1150. The molecule has 1 atom stereocenters. The molecule has 1 unspecified atom stereocenters. The highest BCUT2D eigenvalue weighted by atomic mass is 32.2. The summed E-state index contributed by atoms with van der Waals surface area (Å²) in [6, 6.07) is 16.6. The summed E-state index contributed by atoms with van der Waals surface area (Å²) in [6.07, 6.45) is 0. The number of nitrogens with zero attached hydrogens (tertiary/aromatic N) is 4. The molecule has 0 saturated heterocycles. The molecular formula is C25H35N4O4S+. The summed E-state index contributed by atoms with van der Waals surface area (Å²) < 4.78 is 41.9. The number of aryl methyl sites for hydroxylation is 1. The van der Waals surface area contributed by atoms with Crippen molar-refractivity contribution in [3.05, 3.63) is 71.4 Å². The second kappa shape index (κ2) is 10.2. The molecule has 0 fully saturated rings. The van der Waals surface area contributed by atoms with Gasteiger partial charge in [0.15, 0.2) is 5.03 Å². The van der Waals surface area contributed by atoms with Crippen molar-refractivity contribution in [1.82, 2.24) is 14.1 Å². The average Bonchev–Trinajstić information content (AvgIpc) is 3.20. The summed E-state index contributed by atoms with van der Waals surface area (Å²) in [6.45, 7) is 2.48. The number of benzene rings is 2. The summed E-state index contributed by atoms with van der Waals surface area (Å²) >= 11 is 0. The van der Waals surface area contributed by atoms with E-state index in [0.29, 0.717) is 4.48 Å². The van der Waals surface area contributed by atoms with Crippen molar-refractivity contribution in [2.75, 3.05) is 35.4 Å². The van der Waals surface area contributed by atoms with Gasteiger partial charge >= 0.3 is 0 Å². The molecule has 0 aliphatic rings. The smallest absolute Gasteiger partial charge is 0.263 e. The van der Waals surface area contributed by atoms with Crippen LogP contribution in [0, 0.1) is 0 Å². The molecule has 0 aliphatic carbocycles. The Kier molecular flexibility index (Phi) is 7.70. The number of rotatable bonds is 10. The summed E-state index contributed by atoms with van der Waals surface area (Å²) in [7, 11) is 7.34. The van der Waals surface area contributed by atoms with Crippen LogP contribution in [0.2, 0.25) is 0 Å². The van der Waals surface area contributed by atoms with Gasteiger partial charge in [0.05, 0.1) is 41.1 Å². The SMILES string of the molecule is COc1ccc(CN(Cc2ccc(OC)cc2)S(=O)(=O)c2cc(C(C)[N+](C)(C)C)n(C)n2)cc1. The first kappa shape index (κ1) is 25.7. The van der Waals surface area contributed by atoms with Crippen LogP contribution in [0.15, 0.2) is 59.6 Å². The van der Waals surface area contributed by atoms with E-state index in [2.05, 4.69) is 33.2 Å². The van der Waals surface area contributed by atoms with Gasteiger partial charge in [-0.05, 0) is 42.3 Å².